The van der Waals surface area contributed by atoms with Crippen LogP contribution in [-0.4, -0.2) is 23.5 Å². The molecular formula is C10H17N3OS. The molecule has 0 aliphatic rings. The number of hydrogen-bond acceptors (Lipinski definition) is 4. The number of carbonyl (C=O) groups is 1. The highest BCUT2D eigenvalue weighted by Crippen LogP contribution is 2.07. The van der Waals surface area contributed by atoms with Crippen LogP contribution < -0.4 is 11.1 Å². The van der Waals surface area contributed by atoms with Gasteiger partial charge in [0.15, 0.2) is 0 Å². The van der Waals surface area contributed by atoms with Crippen LogP contribution in [0.3, 0.4) is 0 Å². The van der Waals surface area contributed by atoms with Gasteiger partial charge in [-0.05, 0) is 12.8 Å². The first-order chi connectivity index (χ1) is 7.00. The zero-order valence-corrected chi connectivity index (χ0v) is 10.1. The molecule has 0 spiro atoms. The number of nitrogens with two attached hydrogens (primary N) is 1. The minimum atomic E-state index is -0.143. The Labute approximate surface area is 93.9 Å². The van der Waals surface area contributed by atoms with Gasteiger partial charge >= 0.3 is 0 Å². The number of nitrogens with one attached hydrogen (secondary N) is 1. The van der Waals surface area contributed by atoms with E-state index in [2.05, 4.69) is 10.3 Å². The lowest BCUT2D eigenvalue weighted by atomic mass is 10.1. The van der Waals surface area contributed by atoms with E-state index in [0.717, 1.165) is 5.01 Å². The van der Waals surface area contributed by atoms with Crippen LogP contribution in [0.1, 0.15) is 29.3 Å². The summed E-state index contributed by atoms with van der Waals surface area (Å²) < 4.78 is 0. The molecule has 0 saturated carbocycles. The number of amides is 1. The Kier molecular flexibility index (Phi) is 4.23. The number of aromatic nitrogens is 1. The molecule has 1 heterocycles. The molecule has 84 valence electrons. The van der Waals surface area contributed by atoms with Crippen molar-refractivity contribution < 1.29 is 4.79 Å². The molecule has 1 atom stereocenters. The molecule has 0 aliphatic heterocycles. The minimum Gasteiger partial charge on any atom is -0.349 e. The van der Waals surface area contributed by atoms with E-state index in [4.69, 9.17) is 5.73 Å². The Morgan fingerprint density at radius 3 is 2.80 bits per heavy atom. The van der Waals surface area contributed by atoms with Crippen LogP contribution in [0.5, 0.6) is 0 Å². The maximum atomic E-state index is 11.6. The highest BCUT2D eigenvalue weighted by Gasteiger charge is 2.12. The van der Waals surface area contributed by atoms with Gasteiger partial charge in [0, 0.05) is 18.0 Å². The summed E-state index contributed by atoms with van der Waals surface area (Å²) in [6.45, 7) is 6.43. The third-order valence-corrected chi connectivity index (χ3v) is 2.98. The monoisotopic (exact) mass is 227 g/mol. The fourth-order valence-electron chi connectivity index (χ4n) is 1.00. The molecule has 1 rings (SSSR count). The first-order valence-corrected chi connectivity index (χ1v) is 5.84. The minimum absolute atomic E-state index is 0.00585. The van der Waals surface area contributed by atoms with Crippen LogP contribution in [0.25, 0.3) is 0 Å². The molecular weight excluding hydrogens is 210 g/mol. The van der Waals surface area contributed by atoms with Gasteiger partial charge in [-0.3, -0.25) is 4.79 Å². The number of nitrogens with zero attached hydrogens (tertiary/aromatic N) is 1. The van der Waals surface area contributed by atoms with Crippen molar-refractivity contribution in [2.75, 3.05) is 6.54 Å². The lowest BCUT2D eigenvalue weighted by molar-refractivity contribution is 0.0945. The summed E-state index contributed by atoms with van der Waals surface area (Å²) in [5.41, 5.74) is 6.30. The maximum Gasteiger partial charge on any atom is 0.270 e. The van der Waals surface area contributed by atoms with Crippen molar-refractivity contribution in [1.29, 1.82) is 0 Å². The van der Waals surface area contributed by atoms with Crippen molar-refractivity contribution in [1.82, 2.24) is 10.3 Å². The summed E-state index contributed by atoms with van der Waals surface area (Å²) in [5, 5.41) is 5.43. The fourth-order valence-corrected chi connectivity index (χ4v) is 1.60. The molecule has 0 radical (unpaired) electrons. The molecule has 0 aromatic carbocycles. The molecule has 1 amide bonds. The summed E-state index contributed by atoms with van der Waals surface area (Å²) in [6, 6.07) is -0.00585. The second-order valence-electron chi connectivity index (χ2n) is 3.87. The van der Waals surface area contributed by atoms with E-state index in [1.807, 2.05) is 20.8 Å². The lowest BCUT2D eigenvalue weighted by Crippen LogP contribution is -2.40. The molecule has 3 N–H and O–H groups in total. The van der Waals surface area contributed by atoms with E-state index < -0.39 is 0 Å². The van der Waals surface area contributed by atoms with Gasteiger partial charge in [-0.15, -0.1) is 11.3 Å². The van der Waals surface area contributed by atoms with Gasteiger partial charge in [0.05, 0.1) is 5.01 Å². The van der Waals surface area contributed by atoms with E-state index in [1.54, 1.807) is 5.38 Å². The van der Waals surface area contributed by atoms with Crippen molar-refractivity contribution in [2.45, 2.75) is 26.8 Å². The van der Waals surface area contributed by atoms with Gasteiger partial charge < -0.3 is 11.1 Å². The van der Waals surface area contributed by atoms with E-state index in [1.165, 1.54) is 11.3 Å². The summed E-state index contributed by atoms with van der Waals surface area (Å²) in [5.74, 6) is 0.220. The van der Waals surface area contributed by atoms with Crippen LogP contribution in [0, 0.1) is 12.8 Å². The van der Waals surface area contributed by atoms with Gasteiger partial charge in [-0.1, -0.05) is 13.8 Å². The summed E-state index contributed by atoms with van der Waals surface area (Å²) in [7, 11) is 0. The van der Waals surface area contributed by atoms with Crippen LogP contribution in [0.15, 0.2) is 5.38 Å². The average Bonchev–Trinajstić information content (AvgIpc) is 2.60. The number of aryl methyl sites for hydroxylation is 1. The largest absolute Gasteiger partial charge is 0.349 e. The second-order valence-corrected chi connectivity index (χ2v) is 4.93. The zero-order valence-electron chi connectivity index (χ0n) is 9.28. The van der Waals surface area contributed by atoms with Crippen LogP contribution >= 0.6 is 11.3 Å². The van der Waals surface area contributed by atoms with Gasteiger partial charge in [0.25, 0.3) is 5.91 Å². The Morgan fingerprint density at radius 1 is 1.67 bits per heavy atom. The Balaban J connectivity index is 2.43. The topological polar surface area (TPSA) is 68.0 Å². The number of carbonyl (C=O) groups excluding carboxylic acids is 1. The van der Waals surface area contributed by atoms with Crippen LogP contribution in [0.2, 0.25) is 0 Å². The summed E-state index contributed by atoms with van der Waals surface area (Å²) in [4.78, 5) is 15.7. The van der Waals surface area contributed by atoms with Crippen molar-refractivity contribution in [3.8, 4) is 0 Å². The highest BCUT2D eigenvalue weighted by molar-refractivity contribution is 7.09. The van der Waals surface area contributed by atoms with E-state index in [0.29, 0.717) is 18.2 Å². The standard InChI is InChI=1S/C10H17N3OS/c1-6(2)8(11)4-12-10(14)9-5-15-7(3)13-9/h5-6,8H,4,11H2,1-3H3,(H,12,14). The summed E-state index contributed by atoms with van der Waals surface area (Å²) in [6.07, 6.45) is 0. The Hall–Kier alpha value is -0.940. The quantitative estimate of drug-likeness (QED) is 0.811. The summed E-state index contributed by atoms with van der Waals surface area (Å²) >= 11 is 1.47. The van der Waals surface area contributed by atoms with Gasteiger partial charge in [0.1, 0.15) is 5.69 Å². The molecule has 4 nitrogen and oxygen atoms in total. The van der Waals surface area contributed by atoms with E-state index >= 15 is 0 Å². The molecule has 1 aromatic heterocycles. The predicted octanol–water partition coefficient (Wildman–Crippen LogP) is 1.16. The van der Waals surface area contributed by atoms with Crippen LogP contribution in [-0.2, 0) is 0 Å². The average molecular weight is 227 g/mol. The number of hydrogen-bond donors (Lipinski definition) is 2. The van der Waals surface area contributed by atoms with E-state index in [9.17, 15) is 4.79 Å². The Morgan fingerprint density at radius 2 is 2.33 bits per heavy atom. The molecule has 0 aliphatic carbocycles. The van der Waals surface area contributed by atoms with Crippen LogP contribution in [0.4, 0.5) is 0 Å². The molecule has 1 aromatic rings. The normalized spacial score (nSPS) is 12.9. The first kappa shape index (κ1) is 12.1. The fraction of sp³-hybridized carbons (Fsp3) is 0.600. The number of thiazole rings is 1. The Bertz CT molecular complexity index is 335. The third kappa shape index (κ3) is 3.60. The van der Waals surface area contributed by atoms with Gasteiger partial charge in [0.2, 0.25) is 0 Å². The SMILES string of the molecule is Cc1nc(C(=O)NCC(N)C(C)C)cs1. The van der Waals surface area contributed by atoms with Crippen molar-refractivity contribution in [3.05, 3.63) is 16.1 Å². The molecule has 0 fully saturated rings. The van der Waals surface area contributed by atoms with Crippen molar-refractivity contribution >= 4 is 17.2 Å². The molecule has 5 heteroatoms. The van der Waals surface area contributed by atoms with Gasteiger partial charge in [-0.2, -0.15) is 0 Å². The highest BCUT2D eigenvalue weighted by atomic mass is 32.1. The molecule has 15 heavy (non-hydrogen) atoms. The number of rotatable bonds is 4. The molecule has 1 unspecified atom stereocenters. The van der Waals surface area contributed by atoms with Crippen molar-refractivity contribution in [3.63, 3.8) is 0 Å². The van der Waals surface area contributed by atoms with Crippen molar-refractivity contribution in [2.24, 2.45) is 11.7 Å². The second kappa shape index (κ2) is 5.23. The first-order valence-electron chi connectivity index (χ1n) is 4.96. The zero-order chi connectivity index (χ0) is 11.4. The third-order valence-electron chi connectivity index (χ3n) is 2.21. The molecule has 0 saturated heterocycles. The lowest BCUT2D eigenvalue weighted by Gasteiger charge is -2.15. The maximum absolute atomic E-state index is 11.6. The smallest absolute Gasteiger partial charge is 0.270 e. The predicted molar refractivity (Wildman–Crippen MR) is 62.0 cm³/mol. The van der Waals surface area contributed by atoms with Gasteiger partial charge in [-0.25, -0.2) is 4.98 Å². The molecule has 0 bridgehead atoms. The van der Waals surface area contributed by atoms with E-state index in [-0.39, 0.29) is 11.9 Å².